The van der Waals surface area contributed by atoms with Crippen molar-refractivity contribution in [1.82, 2.24) is 0 Å². The molecule has 0 aliphatic rings. The number of anilines is 2. The van der Waals surface area contributed by atoms with Crippen LogP contribution in [0.4, 0.5) is 15.1 Å². The van der Waals surface area contributed by atoms with Crippen LogP contribution in [0.15, 0.2) is 53.4 Å². The molecule has 30 heavy (non-hydrogen) atoms. The van der Waals surface area contributed by atoms with Crippen LogP contribution in [0.25, 0.3) is 0 Å². The van der Waals surface area contributed by atoms with Gasteiger partial charge in [-0.15, -0.1) is 11.3 Å². The summed E-state index contributed by atoms with van der Waals surface area (Å²) in [6.07, 6.45) is 0. The third-order valence-corrected chi connectivity index (χ3v) is 6.88. The van der Waals surface area contributed by atoms with E-state index in [9.17, 15) is 22.4 Å². The van der Waals surface area contributed by atoms with Gasteiger partial charge in [-0.2, -0.15) is 0 Å². The Balaban J connectivity index is 1.83. The fourth-order valence-electron chi connectivity index (χ4n) is 2.74. The maximum absolute atomic E-state index is 13.0. The molecule has 0 bridgehead atoms. The highest BCUT2D eigenvalue weighted by Crippen LogP contribution is 2.32. The summed E-state index contributed by atoms with van der Waals surface area (Å²) in [5.41, 5.74) is 6.69. The quantitative estimate of drug-likeness (QED) is 0.534. The smallest absolute Gasteiger partial charge is 0.261 e. The number of sulfonamides is 1. The average Bonchev–Trinajstić information content (AvgIpc) is 2.95. The van der Waals surface area contributed by atoms with Gasteiger partial charge in [0.2, 0.25) is 0 Å². The molecule has 0 unspecified atom stereocenters. The topological polar surface area (TPSA) is 118 Å². The maximum Gasteiger partial charge on any atom is 0.261 e. The minimum atomic E-state index is -3.96. The Hall–Kier alpha value is -3.24. The molecule has 1 aromatic heterocycles. The Morgan fingerprint density at radius 3 is 2.37 bits per heavy atom. The summed E-state index contributed by atoms with van der Waals surface area (Å²) in [7, 11) is -3.96. The number of nitrogens with two attached hydrogens (primary N) is 1. The molecular weight excluding hydrogens is 429 g/mol. The van der Waals surface area contributed by atoms with Crippen LogP contribution in [0.2, 0.25) is 0 Å². The monoisotopic (exact) mass is 447 g/mol. The molecule has 1 heterocycles. The molecule has 3 aromatic rings. The number of primary amides is 1. The summed E-state index contributed by atoms with van der Waals surface area (Å²) in [6.45, 7) is 3.55. The normalized spacial score (nSPS) is 11.2. The summed E-state index contributed by atoms with van der Waals surface area (Å²) >= 11 is 1.23. The van der Waals surface area contributed by atoms with Gasteiger partial charge in [0.1, 0.15) is 10.8 Å². The second-order valence-electron chi connectivity index (χ2n) is 6.45. The highest BCUT2D eigenvalue weighted by Gasteiger charge is 2.20. The Labute approximate surface area is 176 Å². The molecule has 0 radical (unpaired) electrons. The van der Waals surface area contributed by atoms with Gasteiger partial charge >= 0.3 is 0 Å². The minimum absolute atomic E-state index is 0.116. The second-order valence-corrected chi connectivity index (χ2v) is 9.35. The Kier molecular flexibility index (Phi) is 5.90. The van der Waals surface area contributed by atoms with Gasteiger partial charge in [-0.25, -0.2) is 12.8 Å². The van der Waals surface area contributed by atoms with Crippen LogP contribution in [0, 0.1) is 19.7 Å². The minimum Gasteiger partial charge on any atom is -0.365 e. The van der Waals surface area contributed by atoms with E-state index in [0.717, 1.165) is 29.1 Å². The fourth-order valence-corrected chi connectivity index (χ4v) is 4.85. The molecule has 7 nitrogen and oxygen atoms in total. The zero-order valence-corrected chi connectivity index (χ0v) is 17.7. The molecule has 3 rings (SSSR count). The fraction of sp³-hybridized carbons (Fsp3) is 0.100. The molecule has 0 saturated carbocycles. The first-order valence-electron chi connectivity index (χ1n) is 8.68. The number of thiophene rings is 1. The van der Waals surface area contributed by atoms with Gasteiger partial charge in [-0.1, -0.05) is 6.07 Å². The Morgan fingerprint density at radius 2 is 1.73 bits per heavy atom. The van der Waals surface area contributed by atoms with Crippen LogP contribution in [-0.2, 0) is 10.0 Å². The first-order chi connectivity index (χ1) is 14.1. The van der Waals surface area contributed by atoms with Crippen molar-refractivity contribution in [2.45, 2.75) is 18.7 Å². The van der Waals surface area contributed by atoms with E-state index in [-0.39, 0.29) is 21.7 Å². The van der Waals surface area contributed by atoms with E-state index in [4.69, 9.17) is 5.73 Å². The lowest BCUT2D eigenvalue weighted by atomic mass is 10.1. The van der Waals surface area contributed by atoms with Crippen LogP contribution >= 0.6 is 11.3 Å². The Bertz CT molecular complexity index is 1240. The van der Waals surface area contributed by atoms with Crippen molar-refractivity contribution in [2.24, 2.45) is 5.73 Å². The summed E-state index contributed by atoms with van der Waals surface area (Å²) < 4.78 is 40.3. The molecule has 0 aliphatic carbocycles. The molecule has 0 aliphatic heterocycles. The average molecular weight is 448 g/mol. The van der Waals surface area contributed by atoms with Crippen molar-refractivity contribution < 1.29 is 22.4 Å². The van der Waals surface area contributed by atoms with Crippen molar-refractivity contribution in [3.8, 4) is 0 Å². The van der Waals surface area contributed by atoms with Crippen molar-refractivity contribution in [1.29, 1.82) is 0 Å². The number of carbonyl (C=O) groups excluding carboxylic acids is 2. The van der Waals surface area contributed by atoms with Gasteiger partial charge in [0, 0.05) is 16.1 Å². The van der Waals surface area contributed by atoms with Crippen molar-refractivity contribution in [2.75, 3.05) is 10.0 Å². The third kappa shape index (κ3) is 4.50. The number of nitrogens with one attached hydrogen (secondary N) is 2. The molecule has 0 atom stereocenters. The molecular formula is C20H18FN3O4S2. The van der Waals surface area contributed by atoms with E-state index in [1.54, 1.807) is 6.92 Å². The lowest BCUT2D eigenvalue weighted by molar-refractivity contribution is 0.100. The molecule has 10 heteroatoms. The highest BCUT2D eigenvalue weighted by atomic mass is 32.2. The number of rotatable bonds is 6. The van der Waals surface area contributed by atoms with Crippen LogP contribution in [0.3, 0.4) is 0 Å². The van der Waals surface area contributed by atoms with E-state index >= 15 is 0 Å². The van der Waals surface area contributed by atoms with Crippen LogP contribution in [0.5, 0.6) is 0 Å². The highest BCUT2D eigenvalue weighted by molar-refractivity contribution is 7.92. The molecule has 156 valence electrons. The summed E-state index contributed by atoms with van der Waals surface area (Å²) in [5, 5.41) is 2.99. The number of amides is 2. The molecule has 4 N–H and O–H groups in total. The van der Waals surface area contributed by atoms with Gasteiger partial charge in [0.25, 0.3) is 21.8 Å². The van der Waals surface area contributed by atoms with E-state index in [1.807, 2.05) is 6.92 Å². The lowest BCUT2D eigenvalue weighted by Crippen LogP contribution is -2.18. The van der Waals surface area contributed by atoms with Crippen LogP contribution < -0.4 is 15.8 Å². The molecule has 0 saturated heterocycles. The molecule has 0 fully saturated rings. The predicted octanol–water partition coefficient (Wildman–Crippen LogP) is 3.66. The Morgan fingerprint density at radius 1 is 1.07 bits per heavy atom. The number of halogens is 1. The van der Waals surface area contributed by atoms with Crippen LogP contribution in [0.1, 0.15) is 31.2 Å². The summed E-state index contributed by atoms with van der Waals surface area (Å²) in [4.78, 5) is 25.1. The van der Waals surface area contributed by atoms with Crippen molar-refractivity contribution in [3.05, 3.63) is 75.9 Å². The number of benzene rings is 2. The van der Waals surface area contributed by atoms with E-state index in [0.29, 0.717) is 10.6 Å². The summed E-state index contributed by atoms with van der Waals surface area (Å²) in [6, 6.07) is 10.2. The van der Waals surface area contributed by atoms with Gasteiger partial charge in [0.15, 0.2) is 0 Å². The summed E-state index contributed by atoms with van der Waals surface area (Å²) in [5.74, 6) is -1.73. The standard InChI is InChI=1S/C20H18FN3O4S2/c1-11-12(2)29-20(17(11)18(22)25)23-19(26)13-4-3-5-15(10-13)24-30(27,28)16-8-6-14(21)7-9-16/h3-10,24H,1-2H3,(H2,22,25)(H,23,26). The van der Waals surface area contributed by atoms with E-state index < -0.39 is 27.7 Å². The second kappa shape index (κ2) is 8.25. The van der Waals surface area contributed by atoms with Gasteiger partial charge in [0.05, 0.1) is 10.5 Å². The maximum atomic E-state index is 13.0. The predicted molar refractivity (Wildman–Crippen MR) is 114 cm³/mol. The van der Waals surface area contributed by atoms with Gasteiger partial charge in [-0.3, -0.25) is 14.3 Å². The zero-order valence-electron chi connectivity index (χ0n) is 16.0. The van der Waals surface area contributed by atoms with E-state index in [1.165, 1.54) is 35.6 Å². The zero-order chi connectivity index (χ0) is 22.1. The third-order valence-electron chi connectivity index (χ3n) is 4.36. The lowest BCUT2D eigenvalue weighted by Gasteiger charge is -2.10. The first-order valence-corrected chi connectivity index (χ1v) is 11.0. The van der Waals surface area contributed by atoms with Gasteiger partial charge in [-0.05, 0) is 61.9 Å². The number of carbonyl (C=O) groups is 2. The van der Waals surface area contributed by atoms with E-state index in [2.05, 4.69) is 10.0 Å². The van der Waals surface area contributed by atoms with Gasteiger partial charge < -0.3 is 11.1 Å². The van der Waals surface area contributed by atoms with Crippen LogP contribution in [-0.4, -0.2) is 20.2 Å². The number of aryl methyl sites for hydroxylation is 1. The largest absolute Gasteiger partial charge is 0.365 e. The first kappa shape index (κ1) is 21.5. The SMILES string of the molecule is Cc1sc(NC(=O)c2cccc(NS(=O)(=O)c3ccc(F)cc3)c2)c(C(N)=O)c1C. The molecule has 2 aromatic carbocycles. The number of hydrogen-bond donors (Lipinski definition) is 3. The molecule has 2 amide bonds. The molecule has 0 spiro atoms. The van der Waals surface area contributed by atoms with Crippen molar-refractivity contribution >= 4 is 43.9 Å². The number of hydrogen-bond acceptors (Lipinski definition) is 5. The van der Waals surface area contributed by atoms with Crippen molar-refractivity contribution in [3.63, 3.8) is 0 Å².